The summed E-state index contributed by atoms with van der Waals surface area (Å²) in [6.07, 6.45) is -3.73. The van der Waals surface area contributed by atoms with Gasteiger partial charge in [0.2, 0.25) is 0 Å². The van der Waals surface area contributed by atoms with Crippen molar-refractivity contribution in [2.45, 2.75) is 25.0 Å². The molecule has 6 nitrogen and oxygen atoms in total. The van der Waals surface area contributed by atoms with Crippen LogP contribution >= 0.6 is 11.8 Å². The lowest BCUT2D eigenvalue weighted by molar-refractivity contribution is -0.286. The molecule has 9 heteroatoms. The first-order valence-corrected chi connectivity index (χ1v) is 9.26. The van der Waals surface area contributed by atoms with Crippen molar-refractivity contribution in [3.63, 3.8) is 0 Å². The van der Waals surface area contributed by atoms with Gasteiger partial charge in [-0.3, -0.25) is 9.59 Å². The quantitative estimate of drug-likeness (QED) is 0.576. The predicted octanol–water partition coefficient (Wildman–Crippen LogP) is 3.90. The second kappa shape index (κ2) is 8.05. The molecule has 0 fully saturated rings. The average molecular weight is 409 g/mol. The van der Waals surface area contributed by atoms with Gasteiger partial charge in [0.05, 0.1) is 5.75 Å². The van der Waals surface area contributed by atoms with Crippen LogP contribution in [0.2, 0.25) is 0 Å². The summed E-state index contributed by atoms with van der Waals surface area (Å²) in [5.41, 5.74) is 2.50. The predicted molar refractivity (Wildman–Crippen MR) is 98.9 cm³/mol. The van der Waals surface area contributed by atoms with Crippen molar-refractivity contribution in [1.29, 1.82) is 0 Å². The standard InChI is InChI=1S/C19H17F2NO5S/c1-11-3-5-14(7-12(11)2)28-10-18(24)25-9-17(23)22-13-4-6-15-16(8-13)27-19(20,21)26-15/h3-8H,9-10H2,1-2H3,(H,22,23). The van der Waals surface area contributed by atoms with Gasteiger partial charge in [-0.05, 0) is 49.2 Å². The number of carbonyl (C=O) groups is 2. The summed E-state index contributed by atoms with van der Waals surface area (Å²) < 4.78 is 39.5. The number of aryl methyl sites for hydroxylation is 2. The van der Waals surface area contributed by atoms with Crippen LogP contribution in [0, 0.1) is 13.8 Å². The second-order valence-corrected chi connectivity index (χ2v) is 7.12. The number of nitrogens with one attached hydrogen (secondary N) is 1. The molecule has 1 N–H and O–H groups in total. The van der Waals surface area contributed by atoms with E-state index in [1.54, 1.807) is 0 Å². The fraction of sp³-hybridized carbons (Fsp3) is 0.263. The van der Waals surface area contributed by atoms with Gasteiger partial charge in [-0.25, -0.2) is 0 Å². The number of hydrogen-bond donors (Lipinski definition) is 1. The zero-order valence-corrected chi connectivity index (χ0v) is 15.9. The number of alkyl halides is 2. The normalized spacial score (nSPS) is 13.9. The maximum Gasteiger partial charge on any atom is 0.586 e. The second-order valence-electron chi connectivity index (χ2n) is 6.07. The highest BCUT2D eigenvalue weighted by Crippen LogP contribution is 2.42. The molecule has 28 heavy (non-hydrogen) atoms. The van der Waals surface area contributed by atoms with E-state index in [1.165, 1.54) is 30.0 Å². The zero-order chi connectivity index (χ0) is 20.3. The summed E-state index contributed by atoms with van der Waals surface area (Å²) in [4.78, 5) is 24.6. The number of ether oxygens (including phenoxy) is 3. The number of rotatable bonds is 6. The van der Waals surface area contributed by atoms with Gasteiger partial charge in [-0.15, -0.1) is 20.5 Å². The Balaban J connectivity index is 1.44. The Morgan fingerprint density at radius 3 is 2.57 bits per heavy atom. The zero-order valence-electron chi connectivity index (χ0n) is 15.1. The average Bonchev–Trinajstić information content (AvgIpc) is 2.94. The maximum absolute atomic E-state index is 13.0. The van der Waals surface area contributed by atoms with Gasteiger partial charge in [-0.2, -0.15) is 0 Å². The fourth-order valence-corrected chi connectivity index (χ4v) is 3.15. The summed E-state index contributed by atoms with van der Waals surface area (Å²) in [5, 5.41) is 2.44. The van der Waals surface area contributed by atoms with E-state index in [0.717, 1.165) is 16.0 Å². The van der Waals surface area contributed by atoms with Gasteiger partial charge in [0.25, 0.3) is 5.91 Å². The Morgan fingerprint density at radius 1 is 1.07 bits per heavy atom. The molecule has 0 bridgehead atoms. The summed E-state index contributed by atoms with van der Waals surface area (Å²) in [5.74, 6) is -1.39. The van der Waals surface area contributed by atoms with Crippen LogP contribution in [-0.4, -0.2) is 30.5 Å². The van der Waals surface area contributed by atoms with Crippen molar-refractivity contribution < 1.29 is 32.6 Å². The number of carbonyl (C=O) groups excluding carboxylic acids is 2. The molecule has 0 atom stereocenters. The minimum atomic E-state index is -3.73. The lowest BCUT2D eigenvalue weighted by Gasteiger charge is -2.08. The van der Waals surface area contributed by atoms with Crippen LogP contribution in [0.5, 0.6) is 11.5 Å². The van der Waals surface area contributed by atoms with E-state index >= 15 is 0 Å². The van der Waals surface area contributed by atoms with Crippen molar-refractivity contribution in [2.75, 3.05) is 17.7 Å². The number of halogens is 2. The van der Waals surface area contributed by atoms with Crippen LogP contribution in [-0.2, 0) is 14.3 Å². The van der Waals surface area contributed by atoms with Crippen LogP contribution in [0.25, 0.3) is 0 Å². The van der Waals surface area contributed by atoms with Crippen LogP contribution in [0.4, 0.5) is 14.5 Å². The lowest BCUT2D eigenvalue weighted by Crippen LogP contribution is -2.25. The first-order chi connectivity index (χ1) is 13.2. The molecule has 0 unspecified atom stereocenters. The third-order valence-corrected chi connectivity index (χ3v) is 4.85. The monoisotopic (exact) mass is 409 g/mol. The third kappa shape index (κ3) is 5.13. The highest BCUT2D eigenvalue weighted by Gasteiger charge is 2.43. The first-order valence-electron chi connectivity index (χ1n) is 8.27. The molecular weight excluding hydrogens is 392 g/mol. The SMILES string of the molecule is Cc1ccc(SCC(=O)OCC(=O)Nc2ccc3c(c2)OC(F)(F)O3)cc1C. The molecule has 3 rings (SSSR count). The Kier molecular flexibility index (Phi) is 5.73. The molecule has 0 spiro atoms. The summed E-state index contributed by atoms with van der Waals surface area (Å²) >= 11 is 1.31. The number of thioether (sulfide) groups is 1. The number of amides is 1. The van der Waals surface area contributed by atoms with E-state index in [-0.39, 0.29) is 22.9 Å². The van der Waals surface area contributed by atoms with Crippen molar-refractivity contribution in [1.82, 2.24) is 0 Å². The van der Waals surface area contributed by atoms with E-state index in [2.05, 4.69) is 14.8 Å². The van der Waals surface area contributed by atoms with E-state index in [9.17, 15) is 18.4 Å². The van der Waals surface area contributed by atoms with Crippen LogP contribution in [0.1, 0.15) is 11.1 Å². The Hall–Kier alpha value is -2.81. The highest BCUT2D eigenvalue weighted by molar-refractivity contribution is 8.00. The summed E-state index contributed by atoms with van der Waals surface area (Å²) in [6, 6.07) is 9.68. The minimum Gasteiger partial charge on any atom is -0.455 e. The molecule has 0 radical (unpaired) electrons. The number of benzene rings is 2. The number of fused-ring (bicyclic) bond motifs is 1. The van der Waals surface area contributed by atoms with Crippen LogP contribution in [0.3, 0.4) is 0 Å². The summed E-state index contributed by atoms with van der Waals surface area (Å²) in [6.45, 7) is 3.50. The minimum absolute atomic E-state index is 0.0644. The van der Waals surface area contributed by atoms with Gasteiger partial charge < -0.3 is 19.5 Å². The molecule has 2 aromatic rings. The van der Waals surface area contributed by atoms with Crippen molar-refractivity contribution in [3.05, 3.63) is 47.5 Å². The Labute approximate surface area is 164 Å². The molecule has 0 saturated heterocycles. The third-order valence-electron chi connectivity index (χ3n) is 3.88. The topological polar surface area (TPSA) is 73.9 Å². The van der Waals surface area contributed by atoms with Gasteiger partial charge in [0, 0.05) is 16.6 Å². The highest BCUT2D eigenvalue weighted by atomic mass is 32.2. The molecule has 0 aliphatic carbocycles. The molecule has 0 saturated carbocycles. The summed E-state index contributed by atoms with van der Waals surface area (Å²) in [7, 11) is 0. The molecule has 1 amide bonds. The van der Waals surface area contributed by atoms with E-state index < -0.39 is 24.8 Å². The van der Waals surface area contributed by atoms with E-state index in [4.69, 9.17) is 4.74 Å². The van der Waals surface area contributed by atoms with Crippen LogP contribution < -0.4 is 14.8 Å². The number of hydrogen-bond acceptors (Lipinski definition) is 6. The molecule has 1 aliphatic rings. The number of anilines is 1. The Morgan fingerprint density at radius 2 is 1.82 bits per heavy atom. The maximum atomic E-state index is 13.0. The first kappa shape index (κ1) is 19.9. The number of esters is 1. The van der Waals surface area contributed by atoms with Gasteiger partial charge in [0.1, 0.15) is 0 Å². The molecule has 1 heterocycles. The lowest BCUT2D eigenvalue weighted by atomic mass is 10.1. The van der Waals surface area contributed by atoms with Crippen LogP contribution in [0.15, 0.2) is 41.3 Å². The fourth-order valence-electron chi connectivity index (χ4n) is 2.36. The molecule has 2 aromatic carbocycles. The molecular formula is C19H17F2NO5S. The van der Waals surface area contributed by atoms with E-state index in [0.29, 0.717) is 0 Å². The smallest absolute Gasteiger partial charge is 0.455 e. The molecule has 148 valence electrons. The van der Waals surface area contributed by atoms with Crippen molar-refractivity contribution in [2.24, 2.45) is 0 Å². The van der Waals surface area contributed by atoms with Gasteiger partial charge in [0.15, 0.2) is 18.1 Å². The Bertz CT molecular complexity index is 919. The van der Waals surface area contributed by atoms with Gasteiger partial charge in [-0.1, -0.05) is 6.07 Å². The van der Waals surface area contributed by atoms with Gasteiger partial charge >= 0.3 is 12.3 Å². The largest absolute Gasteiger partial charge is 0.586 e. The van der Waals surface area contributed by atoms with E-state index in [1.807, 2.05) is 32.0 Å². The molecule has 1 aliphatic heterocycles. The van der Waals surface area contributed by atoms with Crippen molar-refractivity contribution in [3.8, 4) is 11.5 Å². The van der Waals surface area contributed by atoms with Crippen molar-refractivity contribution >= 4 is 29.3 Å². The molecule has 0 aromatic heterocycles.